The summed E-state index contributed by atoms with van der Waals surface area (Å²) in [6.45, 7) is 0. The SMILES string of the molecule is O=C(Nc1nc(-c2ccc(F)cc2)cs1)c1ccc(F)nc1. The van der Waals surface area contributed by atoms with Crippen LogP contribution in [0.5, 0.6) is 0 Å². The van der Waals surface area contributed by atoms with Crippen molar-refractivity contribution in [3.05, 3.63) is 65.3 Å². The number of hydrogen-bond donors (Lipinski definition) is 1. The molecule has 22 heavy (non-hydrogen) atoms. The Hall–Kier alpha value is -2.67. The number of rotatable bonds is 3. The maximum Gasteiger partial charge on any atom is 0.259 e. The highest BCUT2D eigenvalue weighted by Gasteiger charge is 2.10. The molecule has 0 saturated heterocycles. The zero-order valence-corrected chi connectivity index (χ0v) is 11.9. The van der Waals surface area contributed by atoms with Crippen LogP contribution in [0.15, 0.2) is 48.0 Å². The Kier molecular flexibility index (Phi) is 3.88. The average molecular weight is 317 g/mol. The third kappa shape index (κ3) is 3.15. The van der Waals surface area contributed by atoms with Crippen molar-refractivity contribution >= 4 is 22.4 Å². The van der Waals surface area contributed by atoms with Crippen LogP contribution in [0.2, 0.25) is 0 Å². The molecule has 0 radical (unpaired) electrons. The van der Waals surface area contributed by atoms with Crippen molar-refractivity contribution in [2.24, 2.45) is 0 Å². The van der Waals surface area contributed by atoms with Gasteiger partial charge in [0, 0.05) is 17.1 Å². The molecule has 1 N–H and O–H groups in total. The van der Waals surface area contributed by atoms with E-state index < -0.39 is 11.9 Å². The second kappa shape index (κ2) is 5.98. The second-order valence-electron chi connectivity index (χ2n) is 4.37. The fraction of sp³-hybridized carbons (Fsp3) is 0. The number of amides is 1. The monoisotopic (exact) mass is 317 g/mol. The summed E-state index contributed by atoms with van der Waals surface area (Å²) in [4.78, 5) is 19.6. The van der Waals surface area contributed by atoms with Crippen molar-refractivity contribution in [2.75, 3.05) is 5.32 Å². The third-order valence-electron chi connectivity index (χ3n) is 2.85. The molecule has 1 aromatic carbocycles. The lowest BCUT2D eigenvalue weighted by Crippen LogP contribution is -2.12. The second-order valence-corrected chi connectivity index (χ2v) is 5.23. The highest BCUT2D eigenvalue weighted by atomic mass is 32.1. The van der Waals surface area contributed by atoms with E-state index in [0.717, 1.165) is 17.8 Å². The number of hydrogen-bond acceptors (Lipinski definition) is 4. The fourth-order valence-electron chi connectivity index (χ4n) is 1.76. The first kappa shape index (κ1) is 14.3. The predicted molar refractivity (Wildman–Crippen MR) is 79.7 cm³/mol. The van der Waals surface area contributed by atoms with Crippen LogP contribution in [0, 0.1) is 11.8 Å². The van der Waals surface area contributed by atoms with Crippen LogP contribution >= 0.6 is 11.3 Å². The van der Waals surface area contributed by atoms with E-state index >= 15 is 0 Å². The van der Waals surface area contributed by atoms with Gasteiger partial charge in [-0.15, -0.1) is 11.3 Å². The van der Waals surface area contributed by atoms with Gasteiger partial charge in [0.25, 0.3) is 5.91 Å². The highest BCUT2D eigenvalue weighted by molar-refractivity contribution is 7.14. The van der Waals surface area contributed by atoms with Gasteiger partial charge in [0.15, 0.2) is 5.13 Å². The summed E-state index contributed by atoms with van der Waals surface area (Å²) >= 11 is 1.24. The van der Waals surface area contributed by atoms with Crippen LogP contribution in [0.3, 0.4) is 0 Å². The van der Waals surface area contributed by atoms with E-state index in [4.69, 9.17) is 0 Å². The molecule has 0 atom stereocenters. The lowest BCUT2D eigenvalue weighted by molar-refractivity contribution is 0.102. The number of halogens is 2. The van der Waals surface area contributed by atoms with Gasteiger partial charge in [-0.3, -0.25) is 10.1 Å². The largest absolute Gasteiger partial charge is 0.298 e. The van der Waals surface area contributed by atoms with E-state index in [2.05, 4.69) is 15.3 Å². The summed E-state index contributed by atoms with van der Waals surface area (Å²) in [6.07, 6.45) is 1.15. The number of nitrogens with one attached hydrogen (secondary N) is 1. The van der Waals surface area contributed by atoms with Gasteiger partial charge in [0.05, 0.1) is 11.3 Å². The van der Waals surface area contributed by atoms with Gasteiger partial charge in [-0.25, -0.2) is 14.4 Å². The Morgan fingerprint density at radius 3 is 2.55 bits per heavy atom. The zero-order valence-electron chi connectivity index (χ0n) is 11.1. The van der Waals surface area contributed by atoms with Crippen molar-refractivity contribution in [3.63, 3.8) is 0 Å². The molecule has 110 valence electrons. The van der Waals surface area contributed by atoms with Gasteiger partial charge in [-0.05, 0) is 36.4 Å². The molecule has 0 spiro atoms. The molecule has 2 heterocycles. The number of pyridine rings is 1. The minimum Gasteiger partial charge on any atom is -0.298 e. The molecule has 3 rings (SSSR count). The Morgan fingerprint density at radius 2 is 1.86 bits per heavy atom. The topological polar surface area (TPSA) is 54.9 Å². The number of anilines is 1. The minimum atomic E-state index is -0.649. The number of thiazole rings is 1. The van der Waals surface area contributed by atoms with E-state index in [1.54, 1.807) is 17.5 Å². The van der Waals surface area contributed by atoms with E-state index in [0.29, 0.717) is 10.8 Å². The van der Waals surface area contributed by atoms with E-state index in [1.807, 2.05) is 0 Å². The maximum atomic E-state index is 12.9. The smallest absolute Gasteiger partial charge is 0.259 e. The summed E-state index contributed by atoms with van der Waals surface area (Å²) in [5, 5.41) is 4.76. The van der Waals surface area contributed by atoms with E-state index in [9.17, 15) is 13.6 Å². The normalized spacial score (nSPS) is 10.5. The molecular weight excluding hydrogens is 308 g/mol. The number of nitrogens with zero attached hydrogens (tertiary/aromatic N) is 2. The molecule has 2 aromatic heterocycles. The van der Waals surface area contributed by atoms with Crippen LogP contribution in [-0.2, 0) is 0 Å². The molecule has 0 bridgehead atoms. The van der Waals surface area contributed by atoms with E-state index in [1.165, 1.54) is 29.5 Å². The van der Waals surface area contributed by atoms with Crippen molar-refractivity contribution in [2.45, 2.75) is 0 Å². The van der Waals surface area contributed by atoms with Crippen molar-refractivity contribution < 1.29 is 13.6 Å². The lowest BCUT2D eigenvalue weighted by Gasteiger charge is -2.01. The summed E-state index contributed by atoms with van der Waals surface area (Å²) < 4.78 is 25.6. The van der Waals surface area contributed by atoms with Gasteiger partial charge in [-0.2, -0.15) is 4.39 Å². The molecule has 4 nitrogen and oxygen atoms in total. The van der Waals surface area contributed by atoms with Gasteiger partial charge >= 0.3 is 0 Å². The quantitative estimate of drug-likeness (QED) is 0.749. The molecule has 3 aromatic rings. The summed E-state index contributed by atoms with van der Waals surface area (Å²) in [5.41, 5.74) is 1.62. The average Bonchev–Trinajstić information content (AvgIpc) is 2.97. The number of benzene rings is 1. The lowest BCUT2D eigenvalue weighted by atomic mass is 10.2. The maximum absolute atomic E-state index is 12.9. The van der Waals surface area contributed by atoms with Crippen molar-refractivity contribution in [1.82, 2.24) is 9.97 Å². The van der Waals surface area contributed by atoms with Crippen molar-refractivity contribution in [1.29, 1.82) is 0 Å². The first-order valence-corrected chi connectivity index (χ1v) is 7.14. The van der Waals surface area contributed by atoms with E-state index in [-0.39, 0.29) is 11.4 Å². The van der Waals surface area contributed by atoms with Gasteiger partial charge in [0.1, 0.15) is 5.82 Å². The summed E-state index contributed by atoms with van der Waals surface area (Å²) in [5.74, 6) is -1.40. The van der Waals surface area contributed by atoms with Crippen LogP contribution in [0.4, 0.5) is 13.9 Å². The standard InChI is InChI=1S/C15H9F2N3OS/c16-11-4-1-9(2-5-11)12-8-22-15(19-12)20-14(21)10-3-6-13(17)18-7-10/h1-8H,(H,19,20,21). The predicted octanol–water partition coefficient (Wildman–Crippen LogP) is 3.74. The number of aromatic nitrogens is 2. The zero-order chi connectivity index (χ0) is 15.5. The Morgan fingerprint density at radius 1 is 1.09 bits per heavy atom. The van der Waals surface area contributed by atoms with Crippen LogP contribution < -0.4 is 5.32 Å². The van der Waals surface area contributed by atoms with Crippen LogP contribution in [-0.4, -0.2) is 15.9 Å². The summed E-state index contributed by atoms with van der Waals surface area (Å²) in [7, 11) is 0. The Bertz CT molecular complexity index is 800. The highest BCUT2D eigenvalue weighted by Crippen LogP contribution is 2.25. The third-order valence-corrected chi connectivity index (χ3v) is 3.61. The minimum absolute atomic E-state index is 0.236. The summed E-state index contributed by atoms with van der Waals surface area (Å²) in [6, 6.07) is 8.36. The number of carbonyl (C=O) groups excluding carboxylic acids is 1. The number of carbonyl (C=O) groups is 1. The van der Waals surface area contributed by atoms with Crippen LogP contribution in [0.25, 0.3) is 11.3 Å². The molecule has 1 amide bonds. The molecule has 0 aliphatic carbocycles. The molecule has 0 aliphatic rings. The Labute approximate surface area is 128 Å². The fourth-order valence-corrected chi connectivity index (χ4v) is 2.48. The molecule has 0 fully saturated rings. The van der Waals surface area contributed by atoms with Gasteiger partial charge in [-0.1, -0.05) is 0 Å². The van der Waals surface area contributed by atoms with Gasteiger partial charge in [0.2, 0.25) is 5.95 Å². The van der Waals surface area contributed by atoms with Gasteiger partial charge < -0.3 is 0 Å². The molecule has 0 saturated carbocycles. The van der Waals surface area contributed by atoms with Crippen LogP contribution in [0.1, 0.15) is 10.4 Å². The van der Waals surface area contributed by atoms with Crippen molar-refractivity contribution in [3.8, 4) is 11.3 Å². The first-order valence-electron chi connectivity index (χ1n) is 6.26. The molecule has 0 unspecified atom stereocenters. The molecular formula is C15H9F2N3OS. The first-order chi connectivity index (χ1) is 10.6. The molecule has 7 heteroatoms. The molecule has 0 aliphatic heterocycles. The Balaban J connectivity index is 1.75.